The summed E-state index contributed by atoms with van der Waals surface area (Å²) in [6, 6.07) is 8.85. The number of rotatable bonds is 4. The predicted molar refractivity (Wildman–Crippen MR) is 94.3 cm³/mol. The molecule has 0 fully saturated rings. The van der Waals surface area contributed by atoms with Gasteiger partial charge in [-0.1, -0.05) is 24.3 Å². The molecule has 0 amide bonds. The quantitative estimate of drug-likeness (QED) is 0.564. The van der Waals surface area contributed by atoms with Crippen molar-refractivity contribution in [2.75, 3.05) is 6.26 Å². The van der Waals surface area contributed by atoms with Crippen LogP contribution in [0.2, 0.25) is 0 Å². The molecule has 1 N–H and O–H groups in total. The second kappa shape index (κ2) is 7.35. The number of nitrogens with zero attached hydrogens (tertiary/aromatic N) is 1. The summed E-state index contributed by atoms with van der Waals surface area (Å²) in [6.07, 6.45) is -8.79. The largest absolute Gasteiger partial charge is 0.573 e. The van der Waals surface area contributed by atoms with E-state index >= 15 is 0 Å². The molecule has 0 spiro atoms. The third-order valence-corrected chi connectivity index (χ3v) is 5.11. The summed E-state index contributed by atoms with van der Waals surface area (Å²) < 4.78 is 104. The number of alkyl halides is 6. The summed E-state index contributed by atoms with van der Waals surface area (Å²) in [6.45, 7) is 0. The molecule has 160 valence electrons. The number of nitrogens with one attached hydrogen (secondary N) is 1. The van der Waals surface area contributed by atoms with Crippen LogP contribution in [0.15, 0.2) is 53.4 Å². The van der Waals surface area contributed by atoms with E-state index in [1.807, 2.05) is 5.10 Å². The number of hydrogen-bond acceptors (Lipinski definition) is 4. The molecule has 0 atom stereocenters. The van der Waals surface area contributed by atoms with Gasteiger partial charge >= 0.3 is 12.5 Å². The Kier molecular flexibility index (Phi) is 5.31. The van der Waals surface area contributed by atoms with Gasteiger partial charge in [0, 0.05) is 17.4 Å². The maximum atomic E-state index is 13.5. The van der Waals surface area contributed by atoms with Gasteiger partial charge in [-0.2, -0.15) is 18.3 Å². The second-order valence-electron chi connectivity index (χ2n) is 6.19. The van der Waals surface area contributed by atoms with Crippen LogP contribution in [0, 0.1) is 0 Å². The monoisotopic (exact) mass is 450 g/mol. The van der Waals surface area contributed by atoms with Crippen molar-refractivity contribution < 1.29 is 39.5 Å². The van der Waals surface area contributed by atoms with Crippen LogP contribution < -0.4 is 4.74 Å². The van der Waals surface area contributed by atoms with E-state index in [0.717, 1.165) is 30.5 Å². The maximum absolute atomic E-state index is 13.5. The normalized spacial score (nSPS) is 12.8. The highest BCUT2D eigenvalue weighted by Crippen LogP contribution is 2.41. The van der Waals surface area contributed by atoms with Gasteiger partial charge in [-0.25, -0.2) is 8.42 Å². The molecule has 3 aromatic rings. The zero-order valence-electron chi connectivity index (χ0n) is 15.0. The first-order chi connectivity index (χ1) is 13.8. The summed E-state index contributed by atoms with van der Waals surface area (Å²) in [7, 11) is -3.52. The zero-order chi connectivity index (χ0) is 22.3. The van der Waals surface area contributed by atoms with Crippen molar-refractivity contribution in [2.45, 2.75) is 17.4 Å². The molecule has 0 aliphatic heterocycles. The van der Waals surface area contributed by atoms with E-state index in [2.05, 4.69) is 9.84 Å². The van der Waals surface area contributed by atoms with Gasteiger partial charge in [-0.15, -0.1) is 13.2 Å². The number of ether oxygens (including phenoxy) is 1. The number of H-pyrrole nitrogens is 1. The smallest absolute Gasteiger partial charge is 0.406 e. The highest BCUT2D eigenvalue weighted by atomic mass is 32.2. The molecular weight excluding hydrogens is 438 g/mol. The first-order valence-corrected chi connectivity index (χ1v) is 9.97. The Morgan fingerprint density at radius 2 is 1.40 bits per heavy atom. The van der Waals surface area contributed by atoms with Crippen molar-refractivity contribution in [1.82, 2.24) is 10.2 Å². The first-order valence-electron chi connectivity index (χ1n) is 8.08. The third kappa shape index (κ3) is 4.75. The van der Waals surface area contributed by atoms with E-state index in [1.54, 1.807) is 0 Å². The van der Waals surface area contributed by atoms with E-state index < -0.39 is 39.4 Å². The lowest BCUT2D eigenvalue weighted by atomic mass is 9.98. The number of sulfone groups is 1. The van der Waals surface area contributed by atoms with Gasteiger partial charge in [0.1, 0.15) is 17.1 Å². The molecule has 12 heteroatoms. The summed E-state index contributed by atoms with van der Waals surface area (Å²) in [4.78, 5) is -0.0342. The van der Waals surface area contributed by atoms with Crippen molar-refractivity contribution in [3.63, 3.8) is 0 Å². The van der Waals surface area contributed by atoms with Crippen LogP contribution in [0.1, 0.15) is 5.69 Å². The molecule has 5 nitrogen and oxygen atoms in total. The van der Waals surface area contributed by atoms with Crippen LogP contribution in [0.5, 0.6) is 5.75 Å². The number of benzene rings is 2. The van der Waals surface area contributed by atoms with E-state index in [4.69, 9.17) is 0 Å². The van der Waals surface area contributed by atoms with Crippen LogP contribution in [-0.2, 0) is 16.0 Å². The molecule has 0 aliphatic rings. The Balaban J connectivity index is 2.10. The summed E-state index contributed by atoms with van der Waals surface area (Å²) in [5, 5.41) is 5.60. The average Bonchev–Trinajstić information content (AvgIpc) is 3.06. The number of hydrogen-bond donors (Lipinski definition) is 1. The fourth-order valence-electron chi connectivity index (χ4n) is 2.72. The SMILES string of the molecule is CS(=O)(=O)c1ccc(-c2n[nH]c(C(F)(F)F)c2-c2ccc(OC(F)(F)F)cc2)cc1. The van der Waals surface area contributed by atoms with Gasteiger partial charge in [0.15, 0.2) is 9.84 Å². The van der Waals surface area contributed by atoms with Gasteiger partial charge in [0.05, 0.1) is 4.90 Å². The Morgan fingerprint density at radius 1 is 0.867 bits per heavy atom. The van der Waals surface area contributed by atoms with Crippen molar-refractivity contribution in [3.8, 4) is 28.1 Å². The molecule has 1 aromatic heterocycles. The molecule has 0 aliphatic carbocycles. The number of aromatic nitrogens is 2. The van der Waals surface area contributed by atoms with Gasteiger partial charge in [0.2, 0.25) is 0 Å². The molecule has 1 heterocycles. The fraction of sp³-hybridized carbons (Fsp3) is 0.167. The van der Waals surface area contributed by atoms with Crippen molar-refractivity contribution in [3.05, 3.63) is 54.2 Å². The molecule has 30 heavy (non-hydrogen) atoms. The fourth-order valence-corrected chi connectivity index (χ4v) is 3.35. The van der Waals surface area contributed by atoms with Gasteiger partial charge < -0.3 is 4.74 Å². The number of aromatic amines is 1. The minimum absolute atomic E-state index is 0.0342. The molecule has 0 saturated carbocycles. The number of halogens is 6. The molecule has 0 unspecified atom stereocenters. The van der Waals surface area contributed by atoms with E-state index in [-0.39, 0.29) is 21.7 Å². The van der Waals surface area contributed by atoms with Crippen molar-refractivity contribution in [2.24, 2.45) is 0 Å². The lowest BCUT2D eigenvalue weighted by molar-refractivity contribution is -0.274. The highest BCUT2D eigenvalue weighted by molar-refractivity contribution is 7.90. The van der Waals surface area contributed by atoms with Crippen molar-refractivity contribution >= 4 is 9.84 Å². The standard InChI is InChI=1S/C18H12F6N2O3S/c1-30(27,28)13-8-4-11(5-9-13)15-14(16(26-25-15)17(19,20)21)10-2-6-12(7-3-10)29-18(22,23)24/h2-9H,1H3,(H,25,26). The van der Waals surface area contributed by atoms with Crippen LogP contribution in [0.4, 0.5) is 26.3 Å². The molecule has 0 radical (unpaired) electrons. The summed E-state index contributed by atoms with van der Waals surface area (Å²) in [5.74, 6) is -0.595. The van der Waals surface area contributed by atoms with E-state index in [1.165, 1.54) is 24.3 Å². The molecule has 2 aromatic carbocycles. The topological polar surface area (TPSA) is 72.0 Å². The minimum atomic E-state index is -4.94. The molecule has 0 bridgehead atoms. The highest BCUT2D eigenvalue weighted by Gasteiger charge is 2.38. The summed E-state index contributed by atoms with van der Waals surface area (Å²) >= 11 is 0. The predicted octanol–water partition coefficient (Wildman–Crippen LogP) is 5.06. The Morgan fingerprint density at radius 3 is 1.87 bits per heavy atom. The Labute approximate surface area is 166 Å². The summed E-state index contributed by atoms with van der Waals surface area (Å²) in [5.41, 5.74) is -1.62. The molecule has 0 saturated heterocycles. The zero-order valence-corrected chi connectivity index (χ0v) is 15.8. The van der Waals surface area contributed by atoms with E-state index in [0.29, 0.717) is 0 Å². The minimum Gasteiger partial charge on any atom is -0.406 e. The lowest BCUT2D eigenvalue weighted by Crippen LogP contribution is -2.16. The van der Waals surface area contributed by atoms with Crippen LogP contribution >= 0.6 is 0 Å². The molecule has 3 rings (SSSR count). The average molecular weight is 450 g/mol. The van der Waals surface area contributed by atoms with Crippen molar-refractivity contribution in [1.29, 1.82) is 0 Å². The molecular formula is C18H12F6N2O3S. The maximum Gasteiger partial charge on any atom is 0.573 e. The third-order valence-electron chi connectivity index (χ3n) is 3.98. The second-order valence-corrected chi connectivity index (χ2v) is 8.20. The van der Waals surface area contributed by atoms with Crippen LogP contribution in [-0.4, -0.2) is 31.2 Å². The Bertz CT molecular complexity index is 1150. The van der Waals surface area contributed by atoms with Crippen LogP contribution in [0.25, 0.3) is 22.4 Å². The Hall–Kier alpha value is -3.02. The van der Waals surface area contributed by atoms with E-state index in [9.17, 15) is 34.8 Å². The van der Waals surface area contributed by atoms with Gasteiger partial charge in [-0.3, -0.25) is 5.10 Å². The van der Waals surface area contributed by atoms with Gasteiger partial charge in [-0.05, 0) is 29.8 Å². The van der Waals surface area contributed by atoms with Crippen LogP contribution in [0.3, 0.4) is 0 Å². The first kappa shape index (κ1) is 21.7. The lowest BCUT2D eigenvalue weighted by Gasteiger charge is -2.12. The van der Waals surface area contributed by atoms with Gasteiger partial charge in [0.25, 0.3) is 0 Å².